The minimum absolute atomic E-state index is 0.0465. The summed E-state index contributed by atoms with van der Waals surface area (Å²) in [6, 6.07) is 9.69. The molecule has 26 heavy (non-hydrogen) atoms. The molecule has 1 aromatic heterocycles. The Balaban J connectivity index is 1.59. The molecular formula is C20H23N3O3. The number of benzene rings is 1. The molecule has 0 bridgehead atoms. The van der Waals surface area contributed by atoms with Gasteiger partial charge in [-0.2, -0.15) is 0 Å². The van der Waals surface area contributed by atoms with Gasteiger partial charge in [-0.15, -0.1) is 0 Å². The normalized spacial score (nSPS) is 16.7. The molecule has 1 aromatic carbocycles. The van der Waals surface area contributed by atoms with Crippen LogP contribution in [0.15, 0.2) is 36.5 Å². The maximum Gasteiger partial charge on any atom is 0.255 e. The third-order valence-corrected chi connectivity index (χ3v) is 4.94. The molecule has 136 valence electrons. The van der Waals surface area contributed by atoms with E-state index in [1.165, 1.54) is 6.42 Å². The van der Waals surface area contributed by atoms with E-state index in [1.54, 1.807) is 13.3 Å². The fourth-order valence-corrected chi connectivity index (χ4v) is 3.51. The number of hydrogen-bond donors (Lipinski definition) is 0. The van der Waals surface area contributed by atoms with E-state index >= 15 is 0 Å². The lowest BCUT2D eigenvalue weighted by atomic mass is 10.1. The number of fused-ring (bicyclic) bond motifs is 1. The van der Waals surface area contributed by atoms with Crippen molar-refractivity contribution in [2.45, 2.75) is 19.3 Å². The number of methoxy groups -OCH3 is 1. The van der Waals surface area contributed by atoms with Gasteiger partial charge in [0.15, 0.2) is 11.6 Å². The summed E-state index contributed by atoms with van der Waals surface area (Å²) in [4.78, 5) is 21.3. The van der Waals surface area contributed by atoms with Gasteiger partial charge in [-0.05, 0) is 49.6 Å². The first-order valence-corrected chi connectivity index (χ1v) is 9.10. The molecule has 2 aliphatic rings. The van der Waals surface area contributed by atoms with Crippen molar-refractivity contribution in [1.29, 1.82) is 0 Å². The highest BCUT2D eigenvalue weighted by molar-refractivity contribution is 5.95. The molecule has 0 radical (unpaired) electrons. The Bertz CT molecular complexity index is 785. The first kappa shape index (κ1) is 16.7. The lowest BCUT2D eigenvalue weighted by molar-refractivity contribution is 0.0723. The average molecular weight is 353 g/mol. The second-order valence-corrected chi connectivity index (χ2v) is 6.60. The van der Waals surface area contributed by atoms with E-state index in [9.17, 15) is 4.79 Å². The van der Waals surface area contributed by atoms with Crippen LogP contribution in [0.5, 0.6) is 11.5 Å². The zero-order chi connectivity index (χ0) is 17.9. The Hall–Kier alpha value is -2.76. The molecule has 6 heteroatoms. The maximum atomic E-state index is 12.7. The number of piperidine rings is 1. The van der Waals surface area contributed by atoms with Gasteiger partial charge in [0.2, 0.25) is 0 Å². The lowest BCUT2D eigenvalue weighted by Crippen LogP contribution is -2.36. The van der Waals surface area contributed by atoms with Crippen LogP contribution in [0.3, 0.4) is 0 Å². The van der Waals surface area contributed by atoms with Crippen molar-refractivity contribution in [3.05, 3.63) is 42.1 Å². The fourth-order valence-electron chi connectivity index (χ4n) is 3.51. The zero-order valence-electron chi connectivity index (χ0n) is 15.0. The molecule has 0 N–H and O–H groups in total. The van der Waals surface area contributed by atoms with Crippen molar-refractivity contribution in [2.75, 3.05) is 38.3 Å². The molecule has 1 saturated heterocycles. The van der Waals surface area contributed by atoms with E-state index in [2.05, 4.69) is 9.88 Å². The maximum absolute atomic E-state index is 12.7. The van der Waals surface area contributed by atoms with Crippen LogP contribution in [0.1, 0.15) is 29.6 Å². The van der Waals surface area contributed by atoms with Crippen molar-refractivity contribution in [2.24, 2.45) is 0 Å². The van der Waals surface area contributed by atoms with Crippen molar-refractivity contribution >= 4 is 17.4 Å². The number of ether oxygens (including phenoxy) is 2. The highest BCUT2D eigenvalue weighted by atomic mass is 16.5. The minimum Gasteiger partial charge on any atom is -0.497 e. The number of pyridine rings is 1. The fraction of sp³-hybridized carbons (Fsp3) is 0.400. The molecule has 0 unspecified atom stereocenters. The van der Waals surface area contributed by atoms with E-state index in [4.69, 9.17) is 9.47 Å². The number of amides is 1. The van der Waals surface area contributed by atoms with Crippen LogP contribution >= 0.6 is 0 Å². The molecule has 0 atom stereocenters. The Morgan fingerprint density at radius 2 is 1.88 bits per heavy atom. The zero-order valence-corrected chi connectivity index (χ0v) is 15.0. The number of nitrogens with zero attached hydrogens (tertiary/aromatic N) is 3. The van der Waals surface area contributed by atoms with Gasteiger partial charge in [-0.3, -0.25) is 4.79 Å². The summed E-state index contributed by atoms with van der Waals surface area (Å²) in [6.07, 6.45) is 5.02. The molecule has 0 saturated carbocycles. The van der Waals surface area contributed by atoms with Gasteiger partial charge in [0.05, 0.1) is 19.2 Å². The van der Waals surface area contributed by atoms with Gasteiger partial charge in [0, 0.05) is 25.0 Å². The van der Waals surface area contributed by atoms with Crippen molar-refractivity contribution in [1.82, 2.24) is 9.88 Å². The summed E-state index contributed by atoms with van der Waals surface area (Å²) in [5.41, 5.74) is 1.63. The quantitative estimate of drug-likeness (QED) is 0.848. The molecule has 0 spiro atoms. The standard InChI is InChI=1S/C20H23N3O3/c1-25-17-7-5-16(6-8-17)23-11-12-26-18-13-15(14-21-19(18)23)20(24)22-9-3-2-4-10-22/h5-8,13-14H,2-4,9-12H2,1H3. The first-order chi connectivity index (χ1) is 12.8. The van der Waals surface area contributed by atoms with Gasteiger partial charge in [0.1, 0.15) is 12.4 Å². The molecule has 6 nitrogen and oxygen atoms in total. The molecular weight excluding hydrogens is 330 g/mol. The molecule has 4 rings (SSSR count). The topological polar surface area (TPSA) is 54.9 Å². The smallest absolute Gasteiger partial charge is 0.255 e. The van der Waals surface area contributed by atoms with E-state index < -0.39 is 0 Å². The van der Waals surface area contributed by atoms with Crippen LogP contribution < -0.4 is 14.4 Å². The number of aromatic nitrogens is 1. The average Bonchev–Trinajstić information content (AvgIpc) is 2.73. The molecule has 1 amide bonds. The van der Waals surface area contributed by atoms with Gasteiger partial charge in [-0.25, -0.2) is 4.98 Å². The van der Waals surface area contributed by atoms with Crippen LogP contribution in [0.25, 0.3) is 0 Å². The first-order valence-electron chi connectivity index (χ1n) is 9.10. The van der Waals surface area contributed by atoms with Crippen molar-refractivity contribution in [3.8, 4) is 11.5 Å². The SMILES string of the molecule is COc1ccc(N2CCOc3cc(C(=O)N4CCCCC4)cnc32)cc1. The molecule has 2 aliphatic heterocycles. The second-order valence-electron chi connectivity index (χ2n) is 6.60. The molecule has 3 heterocycles. The van der Waals surface area contributed by atoms with Crippen LogP contribution in [-0.4, -0.2) is 49.1 Å². The third-order valence-electron chi connectivity index (χ3n) is 4.94. The summed E-state index contributed by atoms with van der Waals surface area (Å²) < 4.78 is 11.0. The number of anilines is 2. The Labute approximate surface area is 153 Å². The highest BCUT2D eigenvalue weighted by Crippen LogP contribution is 2.36. The van der Waals surface area contributed by atoms with Crippen molar-refractivity contribution < 1.29 is 14.3 Å². The summed E-state index contributed by atoms with van der Waals surface area (Å²) in [5, 5.41) is 0. The summed E-state index contributed by atoms with van der Waals surface area (Å²) in [5.74, 6) is 2.27. The number of rotatable bonds is 3. The Morgan fingerprint density at radius 3 is 2.62 bits per heavy atom. The predicted octanol–water partition coefficient (Wildman–Crippen LogP) is 3.25. The van der Waals surface area contributed by atoms with E-state index in [1.807, 2.05) is 35.2 Å². The van der Waals surface area contributed by atoms with Gasteiger partial charge in [-0.1, -0.05) is 0 Å². The number of likely N-dealkylation sites (tertiary alicyclic amines) is 1. The summed E-state index contributed by atoms with van der Waals surface area (Å²) in [7, 11) is 1.65. The Morgan fingerprint density at radius 1 is 1.12 bits per heavy atom. The molecule has 2 aromatic rings. The molecule has 0 aliphatic carbocycles. The van der Waals surface area contributed by atoms with Gasteiger partial charge in [0.25, 0.3) is 5.91 Å². The third kappa shape index (κ3) is 3.19. The van der Waals surface area contributed by atoms with Crippen LogP contribution in [0, 0.1) is 0 Å². The Kier molecular flexibility index (Phi) is 4.65. The summed E-state index contributed by atoms with van der Waals surface area (Å²) in [6.45, 7) is 2.93. The van der Waals surface area contributed by atoms with E-state index in [-0.39, 0.29) is 5.91 Å². The second kappa shape index (κ2) is 7.23. The van der Waals surface area contributed by atoms with Crippen LogP contribution in [0.2, 0.25) is 0 Å². The molecule has 1 fully saturated rings. The van der Waals surface area contributed by atoms with Crippen molar-refractivity contribution in [3.63, 3.8) is 0 Å². The number of carbonyl (C=O) groups excluding carboxylic acids is 1. The monoisotopic (exact) mass is 353 g/mol. The predicted molar refractivity (Wildman–Crippen MR) is 99.5 cm³/mol. The largest absolute Gasteiger partial charge is 0.497 e. The van der Waals surface area contributed by atoms with Gasteiger partial charge >= 0.3 is 0 Å². The van der Waals surface area contributed by atoms with Crippen LogP contribution in [0.4, 0.5) is 11.5 Å². The lowest BCUT2D eigenvalue weighted by Gasteiger charge is -2.31. The summed E-state index contributed by atoms with van der Waals surface area (Å²) >= 11 is 0. The number of carbonyl (C=O) groups is 1. The van der Waals surface area contributed by atoms with Gasteiger partial charge < -0.3 is 19.3 Å². The van der Waals surface area contributed by atoms with Crippen LogP contribution in [-0.2, 0) is 0 Å². The van der Waals surface area contributed by atoms with E-state index in [0.29, 0.717) is 24.5 Å². The highest BCUT2D eigenvalue weighted by Gasteiger charge is 2.25. The number of hydrogen-bond acceptors (Lipinski definition) is 5. The minimum atomic E-state index is 0.0465. The van der Waals surface area contributed by atoms with E-state index in [0.717, 1.165) is 43.2 Å².